The summed E-state index contributed by atoms with van der Waals surface area (Å²) >= 11 is 0. The molecule has 1 saturated carbocycles. The molecule has 1 aromatic rings. The van der Waals surface area contributed by atoms with Gasteiger partial charge in [-0.05, 0) is 44.3 Å². The van der Waals surface area contributed by atoms with Gasteiger partial charge >= 0.3 is 0 Å². The molecule has 0 saturated heterocycles. The maximum atomic E-state index is 5.40. The van der Waals surface area contributed by atoms with E-state index in [9.17, 15) is 0 Å². The van der Waals surface area contributed by atoms with Crippen LogP contribution in [0.1, 0.15) is 51.3 Å². The van der Waals surface area contributed by atoms with Crippen LogP contribution in [0.15, 0.2) is 4.52 Å². The summed E-state index contributed by atoms with van der Waals surface area (Å²) in [6.45, 7) is 6.20. The van der Waals surface area contributed by atoms with E-state index in [0.29, 0.717) is 17.9 Å². The summed E-state index contributed by atoms with van der Waals surface area (Å²) in [4.78, 5) is 6.50. The summed E-state index contributed by atoms with van der Waals surface area (Å²) in [6, 6.07) is 0.673. The Bertz CT molecular complexity index is 358. The molecular formula is C13H24N4O. The van der Waals surface area contributed by atoms with Crippen molar-refractivity contribution in [2.45, 2.75) is 51.5 Å². The van der Waals surface area contributed by atoms with Crippen LogP contribution >= 0.6 is 0 Å². The van der Waals surface area contributed by atoms with Crippen LogP contribution in [0, 0.1) is 0 Å². The lowest BCUT2D eigenvalue weighted by Crippen LogP contribution is -2.32. The van der Waals surface area contributed by atoms with Crippen LogP contribution in [-0.2, 0) is 0 Å². The average Bonchev–Trinajstić information content (AvgIpc) is 2.89. The molecule has 0 aromatic carbocycles. The summed E-state index contributed by atoms with van der Waals surface area (Å²) in [5.41, 5.74) is 0. The van der Waals surface area contributed by atoms with E-state index in [1.165, 1.54) is 12.8 Å². The van der Waals surface area contributed by atoms with Crippen molar-refractivity contribution >= 4 is 5.95 Å². The Hall–Kier alpha value is -1.10. The molecule has 5 nitrogen and oxygen atoms in total. The van der Waals surface area contributed by atoms with Crippen molar-refractivity contribution < 1.29 is 4.52 Å². The Balaban J connectivity index is 1.91. The highest BCUT2D eigenvalue weighted by Gasteiger charge is 2.26. The second-order valence-electron chi connectivity index (χ2n) is 5.05. The standard InChI is InChI=1S/C13H24N4O/c1-4-14-11-8-6-10(7-9-11)12-15-13(16-18-12)17(3)5-2/h10-11,14H,4-9H2,1-3H3. The van der Waals surface area contributed by atoms with Crippen molar-refractivity contribution in [3.63, 3.8) is 0 Å². The van der Waals surface area contributed by atoms with E-state index in [1.807, 2.05) is 11.9 Å². The lowest BCUT2D eigenvalue weighted by molar-refractivity contribution is 0.284. The molecule has 2 rings (SSSR count). The van der Waals surface area contributed by atoms with Gasteiger partial charge in [0.15, 0.2) is 0 Å². The third kappa shape index (κ3) is 3.02. The predicted molar refractivity (Wildman–Crippen MR) is 71.9 cm³/mol. The van der Waals surface area contributed by atoms with Gasteiger partial charge in [0.25, 0.3) is 5.95 Å². The van der Waals surface area contributed by atoms with Crippen molar-refractivity contribution in [3.05, 3.63) is 5.89 Å². The quantitative estimate of drug-likeness (QED) is 0.870. The first-order chi connectivity index (χ1) is 8.74. The monoisotopic (exact) mass is 252 g/mol. The number of aromatic nitrogens is 2. The molecule has 18 heavy (non-hydrogen) atoms. The van der Waals surface area contributed by atoms with Gasteiger partial charge in [-0.3, -0.25) is 0 Å². The van der Waals surface area contributed by atoms with Crippen molar-refractivity contribution in [2.75, 3.05) is 25.0 Å². The Morgan fingerprint density at radius 1 is 1.28 bits per heavy atom. The van der Waals surface area contributed by atoms with Crippen LogP contribution in [0.2, 0.25) is 0 Å². The summed E-state index contributed by atoms with van der Waals surface area (Å²) in [5.74, 6) is 1.98. The molecule has 1 aliphatic rings. The van der Waals surface area contributed by atoms with Crippen molar-refractivity contribution in [3.8, 4) is 0 Å². The van der Waals surface area contributed by atoms with Gasteiger partial charge in [-0.15, -0.1) is 0 Å². The van der Waals surface area contributed by atoms with E-state index in [0.717, 1.165) is 31.8 Å². The zero-order valence-electron chi connectivity index (χ0n) is 11.6. The van der Waals surface area contributed by atoms with Crippen LogP contribution in [-0.4, -0.2) is 36.3 Å². The lowest BCUT2D eigenvalue weighted by Gasteiger charge is -2.26. The molecule has 0 spiro atoms. The Kier molecular flexibility index (Phi) is 4.58. The molecule has 1 aromatic heterocycles. The Morgan fingerprint density at radius 2 is 2.00 bits per heavy atom. The first kappa shape index (κ1) is 13.3. The van der Waals surface area contributed by atoms with E-state index in [1.54, 1.807) is 0 Å². The minimum absolute atomic E-state index is 0.450. The second-order valence-corrected chi connectivity index (χ2v) is 5.05. The molecule has 5 heteroatoms. The molecule has 0 aliphatic heterocycles. The second kappa shape index (κ2) is 6.18. The van der Waals surface area contributed by atoms with Gasteiger partial charge in [-0.1, -0.05) is 6.92 Å². The summed E-state index contributed by atoms with van der Waals surface area (Å²) in [7, 11) is 1.98. The van der Waals surface area contributed by atoms with E-state index in [4.69, 9.17) is 4.52 Å². The van der Waals surface area contributed by atoms with Gasteiger partial charge in [0.2, 0.25) is 5.89 Å². The van der Waals surface area contributed by atoms with E-state index < -0.39 is 0 Å². The highest BCUT2D eigenvalue weighted by Crippen LogP contribution is 2.32. The van der Waals surface area contributed by atoms with Gasteiger partial charge in [0.1, 0.15) is 0 Å². The zero-order valence-corrected chi connectivity index (χ0v) is 11.6. The SMILES string of the molecule is CCNC1CCC(c2nc(N(C)CC)no2)CC1. The van der Waals surface area contributed by atoms with Crippen LogP contribution in [0.3, 0.4) is 0 Å². The van der Waals surface area contributed by atoms with Gasteiger partial charge in [-0.2, -0.15) is 4.98 Å². The molecule has 0 amide bonds. The van der Waals surface area contributed by atoms with Crippen LogP contribution in [0.4, 0.5) is 5.95 Å². The summed E-state index contributed by atoms with van der Waals surface area (Å²) in [6.07, 6.45) is 4.71. The Morgan fingerprint density at radius 3 is 2.61 bits per heavy atom. The van der Waals surface area contributed by atoms with Crippen LogP contribution in [0.25, 0.3) is 0 Å². The first-order valence-corrected chi connectivity index (χ1v) is 7.02. The van der Waals surface area contributed by atoms with Crippen molar-refractivity contribution in [1.82, 2.24) is 15.5 Å². The van der Waals surface area contributed by atoms with Crippen molar-refractivity contribution in [1.29, 1.82) is 0 Å². The molecule has 1 fully saturated rings. The third-order valence-corrected chi connectivity index (χ3v) is 3.82. The van der Waals surface area contributed by atoms with Crippen molar-refractivity contribution in [2.24, 2.45) is 0 Å². The van der Waals surface area contributed by atoms with Crippen LogP contribution < -0.4 is 10.2 Å². The fourth-order valence-electron chi connectivity index (χ4n) is 2.52. The fourth-order valence-corrected chi connectivity index (χ4v) is 2.52. The normalized spacial score (nSPS) is 24.2. The largest absolute Gasteiger partial charge is 0.342 e. The summed E-state index contributed by atoms with van der Waals surface area (Å²) < 4.78 is 5.40. The molecule has 0 atom stereocenters. The maximum absolute atomic E-state index is 5.40. The highest BCUT2D eigenvalue weighted by molar-refractivity contribution is 5.25. The molecule has 0 radical (unpaired) electrons. The number of nitrogens with one attached hydrogen (secondary N) is 1. The molecule has 0 unspecified atom stereocenters. The predicted octanol–water partition coefficient (Wildman–Crippen LogP) is 2.16. The first-order valence-electron chi connectivity index (χ1n) is 7.02. The average molecular weight is 252 g/mol. The number of rotatable bonds is 5. The van der Waals surface area contributed by atoms with Gasteiger partial charge < -0.3 is 14.7 Å². The maximum Gasteiger partial charge on any atom is 0.265 e. The molecule has 1 aliphatic carbocycles. The summed E-state index contributed by atoms with van der Waals surface area (Å²) in [5, 5.41) is 7.56. The molecular weight excluding hydrogens is 228 g/mol. The van der Waals surface area contributed by atoms with E-state index in [-0.39, 0.29) is 0 Å². The third-order valence-electron chi connectivity index (χ3n) is 3.82. The lowest BCUT2D eigenvalue weighted by atomic mass is 9.86. The molecule has 1 N–H and O–H groups in total. The fraction of sp³-hybridized carbons (Fsp3) is 0.846. The molecule has 1 heterocycles. The molecule has 102 valence electrons. The van der Waals surface area contributed by atoms with E-state index in [2.05, 4.69) is 29.3 Å². The minimum atomic E-state index is 0.450. The smallest absolute Gasteiger partial charge is 0.265 e. The van der Waals surface area contributed by atoms with Crippen LogP contribution in [0.5, 0.6) is 0 Å². The van der Waals surface area contributed by atoms with Gasteiger partial charge in [0, 0.05) is 25.6 Å². The number of hydrogen-bond donors (Lipinski definition) is 1. The minimum Gasteiger partial charge on any atom is -0.342 e. The topological polar surface area (TPSA) is 54.2 Å². The number of hydrogen-bond acceptors (Lipinski definition) is 5. The number of nitrogens with zero attached hydrogens (tertiary/aromatic N) is 3. The van der Waals surface area contributed by atoms with Gasteiger partial charge in [0.05, 0.1) is 0 Å². The Labute approximate surface area is 109 Å². The van der Waals surface area contributed by atoms with Gasteiger partial charge in [-0.25, -0.2) is 0 Å². The zero-order chi connectivity index (χ0) is 13.0. The number of anilines is 1. The van der Waals surface area contributed by atoms with E-state index >= 15 is 0 Å². The highest BCUT2D eigenvalue weighted by atomic mass is 16.5. The molecule has 0 bridgehead atoms.